The molecule has 0 aromatic heterocycles. The molecule has 1 aliphatic rings. The van der Waals surface area contributed by atoms with Gasteiger partial charge in [-0.3, -0.25) is 10.1 Å². The summed E-state index contributed by atoms with van der Waals surface area (Å²) in [7, 11) is 0. The van der Waals surface area contributed by atoms with Crippen LogP contribution in [0, 0.1) is 10.1 Å². The summed E-state index contributed by atoms with van der Waals surface area (Å²) in [6.07, 6.45) is 5.13. The second-order valence-corrected chi connectivity index (χ2v) is 5.95. The van der Waals surface area contributed by atoms with Crippen LogP contribution in [0.4, 0.5) is 5.69 Å². The number of nitro benzene ring substituents is 1. The Hall–Kier alpha value is -0.740. The lowest BCUT2D eigenvalue weighted by molar-refractivity contribution is -0.384. The van der Waals surface area contributed by atoms with Crippen molar-refractivity contribution in [1.82, 2.24) is 0 Å². The van der Waals surface area contributed by atoms with Crippen molar-refractivity contribution in [3.8, 4) is 0 Å². The Balaban J connectivity index is 2.03. The minimum Gasteiger partial charge on any atom is -0.258 e. The number of nitrogens with zero attached hydrogens (tertiary/aromatic N) is 1. The summed E-state index contributed by atoms with van der Waals surface area (Å²) in [4.78, 5) is 10.3. The normalized spacial score (nSPS) is 16.3. The second-order valence-electron chi connectivity index (χ2n) is 4.25. The molecule has 3 nitrogen and oxygen atoms in total. The monoisotopic (exact) mass is 271 g/mol. The molecule has 0 heterocycles. The van der Waals surface area contributed by atoms with Crippen LogP contribution in [0.5, 0.6) is 0 Å². The first-order chi connectivity index (χ1) is 8.16. The molecule has 1 aliphatic carbocycles. The van der Waals surface area contributed by atoms with Crippen molar-refractivity contribution in [3.63, 3.8) is 0 Å². The van der Waals surface area contributed by atoms with Crippen LogP contribution in [-0.2, 0) is 5.75 Å². The molecule has 0 bridgehead atoms. The lowest BCUT2D eigenvalue weighted by Gasteiger charge is -2.09. The quantitative estimate of drug-likeness (QED) is 0.601. The molecule has 0 spiro atoms. The maximum absolute atomic E-state index is 10.7. The Morgan fingerprint density at radius 2 is 2.12 bits per heavy atom. The number of non-ortho nitro benzene ring substituents is 1. The van der Waals surface area contributed by atoms with Crippen LogP contribution in [0.2, 0.25) is 5.02 Å². The Labute approximate surface area is 110 Å². The molecule has 1 fully saturated rings. The molecule has 1 saturated carbocycles. The van der Waals surface area contributed by atoms with E-state index in [4.69, 9.17) is 11.6 Å². The van der Waals surface area contributed by atoms with E-state index in [2.05, 4.69) is 0 Å². The zero-order valence-corrected chi connectivity index (χ0v) is 11.0. The first-order valence-electron chi connectivity index (χ1n) is 5.71. The van der Waals surface area contributed by atoms with E-state index in [9.17, 15) is 10.1 Å². The van der Waals surface area contributed by atoms with Crippen molar-refractivity contribution < 1.29 is 4.92 Å². The van der Waals surface area contributed by atoms with Crippen molar-refractivity contribution in [2.45, 2.75) is 36.7 Å². The van der Waals surface area contributed by atoms with Crippen LogP contribution < -0.4 is 0 Å². The SMILES string of the molecule is O=[N+]([O-])c1ccc(Cl)c(CSC2CCCC2)c1. The van der Waals surface area contributed by atoms with Gasteiger partial charge in [-0.2, -0.15) is 11.8 Å². The molecular formula is C12H14ClNO2S. The summed E-state index contributed by atoms with van der Waals surface area (Å²) in [6.45, 7) is 0. The fraction of sp³-hybridized carbons (Fsp3) is 0.500. The molecule has 0 radical (unpaired) electrons. The molecule has 0 aliphatic heterocycles. The van der Waals surface area contributed by atoms with E-state index in [0.717, 1.165) is 11.3 Å². The molecule has 0 saturated heterocycles. The number of rotatable bonds is 4. The Kier molecular flexibility index (Phi) is 4.29. The van der Waals surface area contributed by atoms with E-state index in [1.54, 1.807) is 12.1 Å². The van der Waals surface area contributed by atoms with Crippen molar-refractivity contribution in [3.05, 3.63) is 38.9 Å². The van der Waals surface area contributed by atoms with Gasteiger partial charge in [0.2, 0.25) is 0 Å². The lowest BCUT2D eigenvalue weighted by atomic mass is 10.2. The van der Waals surface area contributed by atoms with Crippen LogP contribution in [-0.4, -0.2) is 10.2 Å². The van der Waals surface area contributed by atoms with E-state index in [1.807, 2.05) is 11.8 Å². The maximum Gasteiger partial charge on any atom is 0.269 e. The standard InChI is InChI=1S/C12H14ClNO2S/c13-12-6-5-10(14(15)16)7-9(12)8-17-11-3-1-2-4-11/h5-7,11H,1-4,8H2. The van der Waals surface area contributed by atoms with Crippen molar-refractivity contribution in [2.75, 3.05) is 0 Å². The summed E-state index contributed by atoms with van der Waals surface area (Å²) in [6, 6.07) is 4.65. The van der Waals surface area contributed by atoms with Gasteiger partial charge in [0.25, 0.3) is 5.69 Å². The molecule has 0 unspecified atom stereocenters. The van der Waals surface area contributed by atoms with E-state index in [-0.39, 0.29) is 10.6 Å². The topological polar surface area (TPSA) is 43.1 Å². The molecule has 5 heteroatoms. The van der Waals surface area contributed by atoms with Gasteiger partial charge in [-0.15, -0.1) is 0 Å². The smallest absolute Gasteiger partial charge is 0.258 e. The van der Waals surface area contributed by atoms with Gasteiger partial charge in [-0.25, -0.2) is 0 Å². The van der Waals surface area contributed by atoms with Gasteiger partial charge in [0.1, 0.15) is 0 Å². The molecule has 2 rings (SSSR count). The van der Waals surface area contributed by atoms with Crippen molar-refractivity contribution in [2.24, 2.45) is 0 Å². The summed E-state index contributed by atoms with van der Waals surface area (Å²) in [5.74, 6) is 0.769. The Morgan fingerprint density at radius 3 is 2.76 bits per heavy atom. The van der Waals surface area contributed by atoms with Crippen molar-refractivity contribution >= 4 is 29.1 Å². The van der Waals surface area contributed by atoms with Gasteiger partial charge in [-0.1, -0.05) is 24.4 Å². The zero-order valence-electron chi connectivity index (χ0n) is 9.39. The minimum absolute atomic E-state index is 0.122. The second kappa shape index (κ2) is 5.74. The largest absolute Gasteiger partial charge is 0.269 e. The van der Waals surface area contributed by atoms with E-state index in [1.165, 1.54) is 31.7 Å². The van der Waals surface area contributed by atoms with Gasteiger partial charge >= 0.3 is 0 Å². The molecule has 92 valence electrons. The van der Waals surface area contributed by atoms with E-state index < -0.39 is 0 Å². The average molecular weight is 272 g/mol. The molecule has 1 aromatic carbocycles. The molecule has 1 aromatic rings. The predicted molar refractivity (Wildman–Crippen MR) is 71.7 cm³/mol. The predicted octanol–water partition coefficient (Wildman–Crippen LogP) is 4.42. The van der Waals surface area contributed by atoms with E-state index in [0.29, 0.717) is 10.3 Å². The molecule has 0 atom stereocenters. The minimum atomic E-state index is -0.375. The van der Waals surface area contributed by atoms with Crippen LogP contribution in [0.1, 0.15) is 31.2 Å². The summed E-state index contributed by atoms with van der Waals surface area (Å²) < 4.78 is 0. The summed E-state index contributed by atoms with van der Waals surface area (Å²) in [5.41, 5.74) is 0.995. The number of nitro groups is 1. The van der Waals surface area contributed by atoms with Gasteiger partial charge in [-0.05, 0) is 24.5 Å². The third kappa shape index (κ3) is 3.36. The molecule has 0 N–H and O–H groups in total. The number of thioether (sulfide) groups is 1. The highest BCUT2D eigenvalue weighted by Gasteiger charge is 2.17. The van der Waals surface area contributed by atoms with Crippen LogP contribution in [0.25, 0.3) is 0 Å². The van der Waals surface area contributed by atoms with Crippen LogP contribution in [0.15, 0.2) is 18.2 Å². The highest BCUT2D eigenvalue weighted by molar-refractivity contribution is 7.99. The molecular weight excluding hydrogens is 258 g/mol. The first-order valence-corrected chi connectivity index (χ1v) is 7.14. The van der Waals surface area contributed by atoms with Gasteiger partial charge in [0, 0.05) is 28.2 Å². The number of hydrogen-bond acceptors (Lipinski definition) is 3. The van der Waals surface area contributed by atoms with E-state index >= 15 is 0 Å². The lowest BCUT2D eigenvalue weighted by Crippen LogP contribution is -1.96. The molecule has 17 heavy (non-hydrogen) atoms. The zero-order chi connectivity index (χ0) is 12.3. The number of hydrogen-bond donors (Lipinski definition) is 0. The summed E-state index contributed by atoms with van der Waals surface area (Å²) >= 11 is 7.92. The van der Waals surface area contributed by atoms with Crippen molar-refractivity contribution in [1.29, 1.82) is 0 Å². The first kappa shape index (κ1) is 12.7. The Morgan fingerprint density at radius 1 is 1.41 bits per heavy atom. The Bertz CT molecular complexity index is 419. The van der Waals surface area contributed by atoms with Gasteiger partial charge in [0.15, 0.2) is 0 Å². The van der Waals surface area contributed by atoms with Gasteiger partial charge in [0.05, 0.1) is 4.92 Å². The third-order valence-electron chi connectivity index (χ3n) is 3.02. The highest BCUT2D eigenvalue weighted by Crippen LogP contribution is 2.34. The summed E-state index contributed by atoms with van der Waals surface area (Å²) in [5, 5.41) is 12.0. The van der Waals surface area contributed by atoms with Crippen LogP contribution >= 0.6 is 23.4 Å². The fourth-order valence-electron chi connectivity index (χ4n) is 2.05. The van der Waals surface area contributed by atoms with Gasteiger partial charge < -0.3 is 0 Å². The maximum atomic E-state index is 10.7. The molecule has 0 amide bonds. The van der Waals surface area contributed by atoms with Crippen LogP contribution in [0.3, 0.4) is 0 Å². The average Bonchev–Trinajstić information content (AvgIpc) is 2.80. The highest BCUT2D eigenvalue weighted by atomic mass is 35.5. The fourth-order valence-corrected chi connectivity index (χ4v) is 3.63. The number of benzene rings is 1. The third-order valence-corrected chi connectivity index (χ3v) is 4.81. The number of halogens is 1.